The van der Waals surface area contributed by atoms with Crippen molar-refractivity contribution in [3.05, 3.63) is 29.6 Å². The number of nitrogens with two attached hydrogens (primary N) is 1. The van der Waals surface area contributed by atoms with Crippen LogP contribution in [-0.2, 0) is 4.79 Å². The van der Waals surface area contributed by atoms with E-state index in [1.54, 1.807) is 0 Å². The maximum atomic E-state index is 13.7. The van der Waals surface area contributed by atoms with Gasteiger partial charge in [0.15, 0.2) is 0 Å². The van der Waals surface area contributed by atoms with Crippen molar-refractivity contribution in [2.45, 2.75) is 25.8 Å². The zero-order valence-corrected chi connectivity index (χ0v) is 11.2. The Kier molecular flexibility index (Phi) is 3.92. The van der Waals surface area contributed by atoms with E-state index in [4.69, 9.17) is 5.73 Å². The lowest BCUT2D eigenvalue weighted by Gasteiger charge is -2.37. The lowest BCUT2D eigenvalue weighted by Crippen LogP contribution is -2.48. The smallest absolute Gasteiger partial charge is 0.260 e. The lowest BCUT2D eigenvalue weighted by atomic mass is 9.92. The SMILES string of the molecule is CC1CCC(C(N)=O)CN1C(=O)c1c(O)cccc1F. The molecule has 1 aromatic rings. The highest BCUT2D eigenvalue weighted by Crippen LogP contribution is 2.27. The number of primary amides is 1. The molecule has 0 aliphatic carbocycles. The molecular formula is C14H17FN2O3. The number of phenols is 1. The van der Waals surface area contributed by atoms with Gasteiger partial charge in [-0.05, 0) is 31.9 Å². The van der Waals surface area contributed by atoms with Crippen LogP contribution in [0.1, 0.15) is 30.1 Å². The molecule has 0 bridgehead atoms. The number of aromatic hydroxyl groups is 1. The molecule has 2 rings (SSSR count). The third kappa shape index (κ3) is 2.59. The third-order valence-corrected chi connectivity index (χ3v) is 3.75. The molecule has 3 N–H and O–H groups in total. The van der Waals surface area contributed by atoms with Crippen LogP contribution in [0, 0.1) is 11.7 Å². The van der Waals surface area contributed by atoms with E-state index in [9.17, 15) is 19.1 Å². The van der Waals surface area contributed by atoms with Gasteiger partial charge in [-0.15, -0.1) is 0 Å². The molecule has 0 saturated carbocycles. The van der Waals surface area contributed by atoms with Crippen molar-refractivity contribution >= 4 is 11.8 Å². The summed E-state index contributed by atoms with van der Waals surface area (Å²) in [7, 11) is 0. The van der Waals surface area contributed by atoms with Crippen molar-refractivity contribution in [3.8, 4) is 5.75 Å². The predicted molar refractivity (Wildman–Crippen MR) is 70.5 cm³/mol. The molecule has 1 aliphatic rings. The van der Waals surface area contributed by atoms with Gasteiger partial charge in [0.05, 0.1) is 5.92 Å². The number of halogens is 1. The summed E-state index contributed by atoms with van der Waals surface area (Å²) in [6.07, 6.45) is 1.23. The summed E-state index contributed by atoms with van der Waals surface area (Å²) < 4.78 is 13.7. The molecule has 2 amide bonds. The minimum atomic E-state index is -0.775. The Hall–Kier alpha value is -2.11. The molecule has 0 aromatic heterocycles. The van der Waals surface area contributed by atoms with Crippen molar-refractivity contribution in [2.75, 3.05) is 6.54 Å². The molecule has 1 aliphatic heterocycles. The van der Waals surface area contributed by atoms with E-state index in [1.165, 1.54) is 17.0 Å². The second-order valence-electron chi connectivity index (χ2n) is 5.12. The highest BCUT2D eigenvalue weighted by molar-refractivity contribution is 5.97. The van der Waals surface area contributed by atoms with Crippen LogP contribution >= 0.6 is 0 Å². The van der Waals surface area contributed by atoms with Crippen LogP contribution in [0.5, 0.6) is 5.75 Å². The zero-order valence-electron chi connectivity index (χ0n) is 11.2. The number of amides is 2. The molecule has 1 aromatic carbocycles. The topological polar surface area (TPSA) is 83.6 Å². The maximum absolute atomic E-state index is 13.7. The van der Waals surface area contributed by atoms with Crippen LogP contribution in [0.15, 0.2) is 18.2 Å². The Bertz CT molecular complexity index is 527. The van der Waals surface area contributed by atoms with Crippen LogP contribution in [-0.4, -0.2) is 34.4 Å². The summed E-state index contributed by atoms with van der Waals surface area (Å²) in [5.41, 5.74) is 4.92. The second kappa shape index (κ2) is 5.48. The number of benzene rings is 1. The molecule has 20 heavy (non-hydrogen) atoms. The van der Waals surface area contributed by atoms with E-state index in [0.29, 0.717) is 12.8 Å². The molecule has 0 spiro atoms. The van der Waals surface area contributed by atoms with E-state index >= 15 is 0 Å². The van der Waals surface area contributed by atoms with E-state index in [0.717, 1.165) is 6.07 Å². The van der Waals surface area contributed by atoms with Gasteiger partial charge in [0.25, 0.3) is 5.91 Å². The summed E-state index contributed by atoms with van der Waals surface area (Å²) in [4.78, 5) is 25.1. The minimum Gasteiger partial charge on any atom is -0.507 e. The predicted octanol–water partition coefficient (Wildman–Crippen LogP) is 1.26. The number of phenolic OH excluding ortho intramolecular Hbond substituents is 1. The average molecular weight is 280 g/mol. The fraction of sp³-hybridized carbons (Fsp3) is 0.429. The molecule has 0 radical (unpaired) electrons. The lowest BCUT2D eigenvalue weighted by molar-refractivity contribution is -0.123. The van der Waals surface area contributed by atoms with E-state index < -0.39 is 29.3 Å². The Morgan fingerprint density at radius 3 is 2.70 bits per heavy atom. The highest BCUT2D eigenvalue weighted by atomic mass is 19.1. The Labute approximate surface area is 116 Å². The molecule has 2 unspecified atom stereocenters. The van der Waals surface area contributed by atoms with Crippen molar-refractivity contribution in [1.82, 2.24) is 4.90 Å². The first-order valence-corrected chi connectivity index (χ1v) is 6.49. The van der Waals surface area contributed by atoms with Crippen molar-refractivity contribution in [3.63, 3.8) is 0 Å². The fourth-order valence-electron chi connectivity index (χ4n) is 2.49. The number of piperidine rings is 1. The van der Waals surface area contributed by atoms with Crippen LogP contribution in [0.2, 0.25) is 0 Å². The minimum absolute atomic E-state index is 0.128. The van der Waals surface area contributed by atoms with E-state index in [2.05, 4.69) is 0 Å². The van der Waals surface area contributed by atoms with Gasteiger partial charge in [0.1, 0.15) is 17.1 Å². The Balaban J connectivity index is 2.29. The van der Waals surface area contributed by atoms with Crippen molar-refractivity contribution in [2.24, 2.45) is 11.7 Å². The number of rotatable bonds is 2. The zero-order chi connectivity index (χ0) is 14.9. The average Bonchev–Trinajstić information content (AvgIpc) is 2.38. The van der Waals surface area contributed by atoms with E-state index in [1.807, 2.05) is 6.92 Å². The summed E-state index contributed by atoms with van der Waals surface area (Å²) >= 11 is 0. The first-order chi connectivity index (χ1) is 9.41. The summed E-state index contributed by atoms with van der Waals surface area (Å²) in [6.45, 7) is 1.98. The molecular weight excluding hydrogens is 263 g/mol. The summed E-state index contributed by atoms with van der Waals surface area (Å²) in [5.74, 6) is -2.68. The van der Waals surface area contributed by atoms with Gasteiger partial charge in [0, 0.05) is 12.6 Å². The molecule has 1 fully saturated rings. The van der Waals surface area contributed by atoms with Crippen LogP contribution in [0.4, 0.5) is 4.39 Å². The number of nitrogens with zero attached hydrogens (tertiary/aromatic N) is 1. The second-order valence-corrected chi connectivity index (χ2v) is 5.12. The molecule has 1 saturated heterocycles. The Morgan fingerprint density at radius 2 is 2.10 bits per heavy atom. The normalized spacial score (nSPS) is 22.6. The van der Waals surface area contributed by atoms with Crippen molar-refractivity contribution < 1.29 is 19.1 Å². The molecule has 1 heterocycles. The summed E-state index contributed by atoms with van der Waals surface area (Å²) in [6, 6.07) is 3.58. The first-order valence-electron chi connectivity index (χ1n) is 6.49. The first kappa shape index (κ1) is 14.3. The maximum Gasteiger partial charge on any atom is 0.260 e. The fourth-order valence-corrected chi connectivity index (χ4v) is 2.49. The van der Waals surface area contributed by atoms with Crippen molar-refractivity contribution in [1.29, 1.82) is 0 Å². The van der Waals surface area contributed by atoms with Gasteiger partial charge in [-0.25, -0.2) is 4.39 Å². The van der Waals surface area contributed by atoms with E-state index in [-0.39, 0.29) is 18.2 Å². The number of carbonyl (C=O) groups is 2. The highest BCUT2D eigenvalue weighted by Gasteiger charge is 2.34. The van der Waals surface area contributed by atoms with Gasteiger partial charge in [-0.1, -0.05) is 6.07 Å². The van der Waals surface area contributed by atoms with Gasteiger partial charge in [-0.2, -0.15) is 0 Å². The quantitative estimate of drug-likeness (QED) is 0.855. The summed E-state index contributed by atoms with van der Waals surface area (Å²) in [5, 5.41) is 9.67. The standard InChI is InChI=1S/C14H17FN2O3/c1-8-5-6-9(13(16)19)7-17(8)14(20)12-10(15)3-2-4-11(12)18/h2-4,8-9,18H,5-7H2,1H3,(H2,16,19). The Morgan fingerprint density at radius 1 is 1.40 bits per heavy atom. The number of carbonyl (C=O) groups excluding carboxylic acids is 2. The van der Waals surface area contributed by atoms with Crippen LogP contribution in [0.25, 0.3) is 0 Å². The van der Waals surface area contributed by atoms with Gasteiger partial charge < -0.3 is 15.7 Å². The van der Waals surface area contributed by atoms with Crippen LogP contribution < -0.4 is 5.73 Å². The number of likely N-dealkylation sites (tertiary alicyclic amines) is 1. The van der Waals surface area contributed by atoms with Gasteiger partial charge in [-0.3, -0.25) is 9.59 Å². The number of hydrogen-bond acceptors (Lipinski definition) is 3. The monoisotopic (exact) mass is 280 g/mol. The third-order valence-electron chi connectivity index (χ3n) is 3.75. The largest absolute Gasteiger partial charge is 0.507 e. The molecule has 2 atom stereocenters. The van der Waals surface area contributed by atoms with Gasteiger partial charge in [0.2, 0.25) is 5.91 Å². The van der Waals surface area contributed by atoms with Crippen LogP contribution in [0.3, 0.4) is 0 Å². The molecule has 6 heteroatoms. The van der Waals surface area contributed by atoms with Gasteiger partial charge >= 0.3 is 0 Å². The molecule has 5 nitrogen and oxygen atoms in total. The molecule has 108 valence electrons. The number of hydrogen-bond donors (Lipinski definition) is 2.